The Morgan fingerprint density at radius 2 is 1.82 bits per heavy atom. The summed E-state index contributed by atoms with van der Waals surface area (Å²) in [5, 5.41) is 15.3. The Balaban J connectivity index is 1.57. The zero-order valence-corrected chi connectivity index (χ0v) is 20.4. The average molecular weight is 466 g/mol. The second-order valence-electron chi connectivity index (χ2n) is 8.34. The minimum absolute atomic E-state index is 0.0476. The van der Waals surface area contributed by atoms with Gasteiger partial charge >= 0.3 is 0 Å². The van der Waals surface area contributed by atoms with Crippen molar-refractivity contribution in [1.29, 1.82) is 0 Å². The van der Waals surface area contributed by atoms with Gasteiger partial charge in [0.15, 0.2) is 11.0 Å². The smallest absolute Gasteiger partial charge is 0.251 e. The highest BCUT2D eigenvalue weighted by Gasteiger charge is 2.25. The first-order valence-corrected chi connectivity index (χ1v) is 12.0. The van der Waals surface area contributed by atoms with E-state index in [1.54, 1.807) is 6.07 Å². The Labute approximate surface area is 199 Å². The van der Waals surface area contributed by atoms with Gasteiger partial charge in [-0.3, -0.25) is 9.59 Å². The van der Waals surface area contributed by atoms with E-state index in [9.17, 15) is 9.59 Å². The van der Waals surface area contributed by atoms with Crippen molar-refractivity contribution in [3.05, 3.63) is 77.1 Å². The first kappa shape index (κ1) is 24.5. The highest BCUT2D eigenvalue weighted by Crippen LogP contribution is 2.24. The molecule has 1 atom stereocenters. The Hall–Kier alpha value is -3.13. The summed E-state index contributed by atoms with van der Waals surface area (Å²) in [5.41, 5.74) is 2.84. The van der Waals surface area contributed by atoms with Gasteiger partial charge in [0, 0.05) is 19.2 Å². The Morgan fingerprint density at radius 3 is 2.52 bits per heavy atom. The number of thioether (sulfide) groups is 1. The molecule has 0 saturated heterocycles. The van der Waals surface area contributed by atoms with Gasteiger partial charge < -0.3 is 15.2 Å². The first-order valence-electron chi connectivity index (χ1n) is 11.1. The van der Waals surface area contributed by atoms with Crippen LogP contribution in [0.5, 0.6) is 0 Å². The number of nitrogens with zero attached hydrogens (tertiary/aromatic N) is 3. The van der Waals surface area contributed by atoms with Crippen molar-refractivity contribution in [2.24, 2.45) is 13.0 Å². The molecule has 0 spiro atoms. The molecule has 1 aromatic heterocycles. The van der Waals surface area contributed by atoms with Crippen molar-refractivity contribution in [2.45, 2.75) is 38.4 Å². The summed E-state index contributed by atoms with van der Waals surface area (Å²) in [6.07, 6.45) is 0.794. The van der Waals surface area contributed by atoms with E-state index in [1.807, 2.05) is 80.9 Å². The van der Waals surface area contributed by atoms with E-state index in [2.05, 4.69) is 20.8 Å². The van der Waals surface area contributed by atoms with Gasteiger partial charge in [-0.2, -0.15) is 0 Å². The summed E-state index contributed by atoms with van der Waals surface area (Å²) in [6, 6.07) is 17.2. The van der Waals surface area contributed by atoms with E-state index >= 15 is 0 Å². The monoisotopic (exact) mass is 465 g/mol. The minimum Gasteiger partial charge on any atom is -0.355 e. The zero-order valence-electron chi connectivity index (χ0n) is 19.5. The summed E-state index contributed by atoms with van der Waals surface area (Å²) >= 11 is 1.33. The highest BCUT2D eigenvalue weighted by molar-refractivity contribution is 7.99. The fourth-order valence-electron chi connectivity index (χ4n) is 3.43. The third-order valence-corrected chi connectivity index (χ3v) is 6.31. The summed E-state index contributed by atoms with van der Waals surface area (Å²) in [7, 11) is 1.86. The number of hydrogen-bond acceptors (Lipinski definition) is 5. The van der Waals surface area contributed by atoms with E-state index in [4.69, 9.17) is 0 Å². The lowest BCUT2D eigenvalue weighted by Gasteiger charge is -2.21. The van der Waals surface area contributed by atoms with Gasteiger partial charge in [0.25, 0.3) is 5.91 Å². The molecule has 1 unspecified atom stereocenters. The molecule has 0 bridgehead atoms. The van der Waals surface area contributed by atoms with E-state index in [0.29, 0.717) is 23.1 Å². The lowest BCUT2D eigenvalue weighted by Crippen LogP contribution is -2.33. The van der Waals surface area contributed by atoms with Crippen molar-refractivity contribution in [3.63, 3.8) is 0 Å². The SMILES string of the molecule is Cc1cccc(C(=O)NC(c2nnc(SCC(=O)NCCc3ccccc3)n2C)C(C)C)c1. The van der Waals surface area contributed by atoms with Gasteiger partial charge in [-0.1, -0.05) is 73.6 Å². The van der Waals surface area contributed by atoms with Gasteiger partial charge in [0.1, 0.15) is 0 Å². The molecule has 3 aromatic rings. The Kier molecular flexibility index (Phi) is 8.65. The molecule has 0 aliphatic heterocycles. The average Bonchev–Trinajstić information content (AvgIpc) is 3.16. The third kappa shape index (κ3) is 6.92. The van der Waals surface area contributed by atoms with Crippen molar-refractivity contribution >= 4 is 23.6 Å². The maximum atomic E-state index is 12.8. The number of aryl methyl sites for hydroxylation is 1. The first-order chi connectivity index (χ1) is 15.8. The van der Waals surface area contributed by atoms with Crippen LogP contribution in [-0.4, -0.2) is 38.9 Å². The number of carbonyl (C=O) groups is 2. The molecule has 0 fully saturated rings. The van der Waals surface area contributed by atoms with Gasteiger partial charge in [-0.25, -0.2) is 0 Å². The summed E-state index contributed by atoms with van der Waals surface area (Å²) < 4.78 is 1.85. The second kappa shape index (κ2) is 11.7. The van der Waals surface area contributed by atoms with Crippen molar-refractivity contribution in [3.8, 4) is 0 Å². The van der Waals surface area contributed by atoms with E-state index in [0.717, 1.165) is 12.0 Å². The molecule has 3 rings (SSSR count). The highest BCUT2D eigenvalue weighted by atomic mass is 32.2. The summed E-state index contributed by atoms with van der Waals surface area (Å²) in [6.45, 7) is 6.61. The number of aromatic nitrogens is 3. The van der Waals surface area contributed by atoms with Crippen LogP contribution >= 0.6 is 11.8 Å². The van der Waals surface area contributed by atoms with Crippen LogP contribution in [0.25, 0.3) is 0 Å². The maximum Gasteiger partial charge on any atom is 0.251 e. The van der Waals surface area contributed by atoms with Gasteiger partial charge in [-0.15, -0.1) is 10.2 Å². The summed E-state index contributed by atoms with van der Waals surface area (Å²) in [5.74, 6) is 0.836. The molecule has 1 heterocycles. The van der Waals surface area contributed by atoms with Crippen LogP contribution < -0.4 is 10.6 Å². The number of carbonyl (C=O) groups excluding carboxylic acids is 2. The lowest BCUT2D eigenvalue weighted by atomic mass is 10.0. The van der Waals surface area contributed by atoms with Crippen molar-refractivity contribution in [2.75, 3.05) is 12.3 Å². The number of hydrogen-bond donors (Lipinski definition) is 2. The molecule has 7 nitrogen and oxygen atoms in total. The van der Waals surface area contributed by atoms with Crippen LogP contribution in [0.1, 0.15) is 47.2 Å². The van der Waals surface area contributed by atoms with Gasteiger partial charge in [0.05, 0.1) is 11.8 Å². The molecule has 2 amide bonds. The lowest BCUT2D eigenvalue weighted by molar-refractivity contribution is -0.118. The third-order valence-electron chi connectivity index (χ3n) is 5.29. The fraction of sp³-hybridized carbons (Fsp3) is 0.360. The van der Waals surface area contributed by atoms with Gasteiger partial charge in [0.2, 0.25) is 5.91 Å². The molecule has 174 valence electrons. The van der Waals surface area contributed by atoms with Crippen molar-refractivity contribution in [1.82, 2.24) is 25.4 Å². The van der Waals surface area contributed by atoms with Crippen LogP contribution in [0, 0.1) is 12.8 Å². The van der Waals surface area contributed by atoms with Crippen LogP contribution in [0.4, 0.5) is 0 Å². The molecule has 8 heteroatoms. The number of benzene rings is 2. The molecule has 0 aliphatic carbocycles. The van der Waals surface area contributed by atoms with Crippen LogP contribution in [0.2, 0.25) is 0 Å². The topological polar surface area (TPSA) is 88.9 Å². The minimum atomic E-state index is -0.301. The molecular weight excluding hydrogens is 434 g/mol. The quantitative estimate of drug-likeness (QED) is 0.446. The van der Waals surface area contributed by atoms with E-state index in [1.165, 1.54) is 17.3 Å². The number of rotatable bonds is 10. The Morgan fingerprint density at radius 1 is 1.06 bits per heavy atom. The van der Waals surface area contributed by atoms with E-state index in [-0.39, 0.29) is 29.5 Å². The van der Waals surface area contributed by atoms with Crippen molar-refractivity contribution < 1.29 is 9.59 Å². The van der Waals surface area contributed by atoms with E-state index < -0.39 is 0 Å². The largest absolute Gasteiger partial charge is 0.355 e. The predicted molar refractivity (Wildman–Crippen MR) is 131 cm³/mol. The fourth-order valence-corrected chi connectivity index (χ4v) is 4.18. The zero-order chi connectivity index (χ0) is 23.8. The van der Waals surface area contributed by atoms with Crippen LogP contribution in [0.3, 0.4) is 0 Å². The van der Waals surface area contributed by atoms with Crippen LogP contribution in [0.15, 0.2) is 59.8 Å². The van der Waals surface area contributed by atoms with Gasteiger partial charge in [-0.05, 0) is 37.0 Å². The number of nitrogens with one attached hydrogen (secondary N) is 2. The van der Waals surface area contributed by atoms with Crippen LogP contribution in [-0.2, 0) is 18.3 Å². The molecule has 2 N–H and O–H groups in total. The molecule has 0 radical (unpaired) electrons. The molecule has 0 saturated carbocycles. The molecular formula is C25H31N5O2S. The maximum absolute atomic E-state index is 12.8. The summed E-state index contributed by atoms with van der Waals surface area (Å²) in [4.78, 5) is 25.0. The molecule has 0 aliphatic rings. The molecule has 33 heavy (non-hydrogen) atoms. The standard InChI is InChI=1S/C25H31N5O2S/c1-17(2)22(27-24(32)20-12-8-9-18(3)15-20)23-28-29-25(30(23)4)33-16-21(31)26-14-13-19-10-6-5-7-11-19/h5-12,15,17,22H,13-14,16H2,1-4H3,(H,26,31)(H,27,32). The predicted octanol–water partition coefficient (Wildman–Crippen LogP) is 3.70. The normalized spacial score (nSPS) is 11.9. The second-order valence-corrected chi connectivity index (χ2v) is 9.28. The number of amides is 2. The molecule has 2 aromatic carbocycles. The Bertz CT molecular complexity index is 1080.